The number of carbonyl (C=O) groups excluding carboxylic acids is 1. The van der Waals surface area contributed by atoms with E-state index in [2.05, 4.69) is 4.72 Å². The largest absolute Gasteiger partial charge is 0.494 e. The first-order valence-corrected chi connectivity index (χ1v) is 8.51. The molecule has 0 saturated carbocycles. The minimum absolute atomic E-state index is 0.125. The van der Waals surface area contributed by atoms with Crippen LogP contribution in [0.4, 0.5) is 0 Å². The van der Waals surface area contributed by atoms with Crippen LogP contribution in [-0.2, 0) is 14.8 Å². The lowest BCUT2D eigenvalue weighted by atomic mass is 10.3. The van der Waals surface area contributed by atoms with E-state index in [9.17, 15) is 13.2 Å². The van der Waals surface area contributed by atoms with Crippen LogP contribution in [0, 0.1) is 0 Å². The van der Waals surface area contributed by atoms with E-state index in [4.69, 9.17) is 4.74 Å². The molecule has 0 aromatic heterocycles. The quantitative estimate of drug-likeness (QED) is 0.850. The van der Waals surface area contributed by atoms with Crippen LogP contribution in [0.3, 0.4) is 0 Å². The summed E-state index contributed by atoms with van der Waals surface area (Å²) in [6.45, 7) is 3.60. The molecule has 0 atom stereocenters. The highest BCUT2D eigenvalue weighted by atomic mass is 32.2. The van der Waals surface area contributed by atoms with Crippen molar-refractivity contribution in [3.63, 3.8) is 0 Å². The predicted octanol–water partition coefficient (Wildman–Crippen LogP) is 0.986. The van der Waals surface area contributed by atoms with Crippen molar-refractivity contribution in [3.05, 3.63) is 24.3 Å². The zero-order valence-electron chi connectivity index (χ0n) is 12.0. The van der Waals surface area contributed by atoms with Gasteiger partial charge in [-0.25, -0.2) is 13.1 Å². The van der Waals surface area contributed by atoms with Gasteiger partial charge in [0.05, 0.1) is 18.0 Å². The number of sulfonamides is 1. The van der Waals surface area contributed by atoms with Crippen LogP contribution in [0.5, 0.6) is 5.75 Å². The maximum absolute atomic E-state index is 12.1. The first-order chi connectivity index (χ1) is 10.0. The maximum atomic E-state index is 12.1. The van der Waals surface area contributed by atoms with Gasteiger partial charge >= 0.3 is 0 Å². The summed E-state index contributed by atoms with van der Waals surface area (Å²) in [4.78, 5) is 13.6. The molecule has 1 aliphatic heterocycles. The molecule has 1 saturated heterocycles. The average molecular weight is 312 g/mol. The van der Waals surface area contributed by atoms with Gasteiger partial charge in [-0.3, -0.25) is 4.79 Å². The Balaban J connectivity index is 1.95. The Kier molecular flexibility index (Phi) is 5.19. The molecule has 116 valence electrons. The molecule has 0 radical (unpaired) electrons. The lowest BCUT2D eigenvalue weighted by Crippen LogP contribution is -2.38. The first kappa shape index (κ1) is 15.8. The van der Waals surface area contributed by atoms with Crippen LogP contribution in [0.1, 0.15) is 19.8 Å². The van der Waals surface area contributed by atoms with Gasteiger partial charge in [0, 0.05) is 13.1 Å². The zero-order valence-corrected chi connectivity index (χ0v) is 12.9. The van der Waals surface area contributed by atoms with E-state index in [0.717, 1.165) is 12.8 Å². The molecule has 1 N–H and O–H groups in total. The summed E-state index contributed by atoms with van der Waals surface area (Å²) < 4.78 is 31.8. The molecule has 2 rings (SSSR count). The molecule has 0 spiro atoms. The number of hydrogen-bond acceptors (Lipinski definition) is 4. The molecule has 1 heterocycles. The van der Waals surface area contributed by atoms with E-state index in [1.165, 1.54) is 12.1 Å². The topological polar surface area (TPSA) is 75.7 Å². The number of nitrogens with zero attached hydrogens (tertiary/aromatic N) is 1. The highest BCUT2D eigenvalue weighted by molar-refractivity contribution is 7.89. The third-order valence-electron chi connectivity index (χ3n) is 3.32. The number of amides is 1. The molecule has 7 heteroatoms. The molecule has 1 aromatic carbocycles. The Bertz CT molecular complexity index is 577. The SMILES string of the molecule is CCOc1ccc(S(=O)(=O)NCC(=O)N2CCCC2)cc1. The molecule has 1 amide bonds. The highest BCUT2D eigenvalue weighted by Crippen LogP contribution is 2.16. The van der Waals surface area contributed by atoms with E-state index in [1.807, 2.05) is 6.92 Å². The Morgan fingerprint density at radius 1 is 1.24 bits per heavy atom. The van der Waals surface area contributed by atoms with Crippen LogP contribution >= 0.6 is 0 Å². The lowest BCUT2D eigenvalue weighted by Gasteiger charge is -2.15. The highest BCUT2D eigenvalue weighted by Gasteiger charge is 2.21. The maximum Gasteiger partial charge on any atom is 0.241 e. The van der Waals surface area contributed by atoms with E-state index in [0.29, 0.717) is 25.4 Å². The summed E-state index contributed by atoms with van der Waals surface area (Å²) in [5.41, 5.74) is 0. The molecular weight excluding hydrogens is 292 g/mol. The van der Waals surface area contributed by atoms with Gasteiger partial charge in [0.25, 0.3) is 0 Å². The number of benzene rings is 1. The van der Waals surface area contributed by atoms with Gasteiger partial charge in [-0.05, 0) is 44.0 Å². The summed E-state index contributed by atoms with van der Waals surface area (Å²) in [5.74, 6) is 0.437. The fourth-order valence-corrected chi connectivity index (χ4v) is 3.17. The van der Waals surface area contributed by atoms with Crippen LogP contribution in [0.2, 0.25) is 0 Å². The second-order valence-corrected chi connectivity index (χ2v) is 6.58. The number of nitrogens with one attached hydrogen (secondary N) is 1. The van der Waals surface area contributed by atoms with Crippen LogP contribution in [-0.4, -0.2) is 45.5 Å². The average Bonchev–Trinajstić information content (AvgIpc) is 3.00. The van der Waals surface area contributed by atoms with Gasteiger partial charge in [-0.2, -0.15) is 0 Å². The number of likely N-dealkylation sites (tertiary alicyclic amines) is 1. The number of rotatable bonds is 6. The molecular formula is C14H20N2O4S. The van der Waals surface area contributed by atoms with Crippen molar-refractivity contribution in [1.82, 2.24) is 9.62 Å². The Morgan fingerprint density at radius 3 is 2.43 bits per heavy atom. The van der Waals surface area contributed by atoms with E-state index < -0.39 is 10.0 Å². The molecule has 1 fully saturated rings. The van der Waals surface area contributed by atoms with Crippen molar-refractivity contribution in [2.45, 2.75) is 24.7 Å². The summed E-state index contributed by atoms with van der Waals surface area (Å²) in [6, 6.07) is 6.13. The van der Waals surface area contributed by atoms with Crippen LogP contribution in [0.15, 0.2) is 29.2 Å². The summed E-state index contributed by atoms with van der Waals surface area (Å²) in [5, 5.41) is 0. The van der Waals surface area contributed by atoms with Crippen LogP contribution in [0.25, 0.3) is 0 Å². The van der Waals surface area contributed by atoms with Crippen molar-refractivity contribution in [2.75, 3.05) is 26.2 Å². The number of hydrogen-bond donors (Lipinski definition) is 1. The predicted molar refractivity (Wildman–Crippen MR) is 78.6 cm³/mol. The summed E-state index contributed by atoms with van der Waals surface area (Å²) >= 11 is 0. The van der Waals surface area contributed by atoms with Gasteiger partial charge in [0.2, 0.25) is 15.9 Å². The van der Waals surface area contributed by atoms with E-state index in [1.54, 1.807) is 17.0 Å². The van der Waals surface area contributed by atoms with Crippen molar-refractivity contribution in [1.29, 1.82) is 0 Å². The third kappa shape index (κ3) is 4.18. The van der Waals surface area contributed by atoms with Gasteiger partial charge in [-0.15, -0.1) is 0 Å². The Labute approximate surface area is 125 Å². The van der Waals surface area contributed by atoms with Crippen molar-refractivity contribution < 1.29 is 17.9 Å². The monoisotopic (exact) mass is 312 g/mol. The number of carbonyl (C=O) groups is 1. The molecule has 21 heavy (non-hydrogen) atoms. The van der Waals surface area contributed by atoms with E-state index >= 15 is 0 Å². The van der Waals surface area contributed by atoms with Gasteiger partial charge in [0.15, 0.2) is 0 Å². The van der Waals surface area contributed by atoms with Crippen molar-refractivity contribution in [3.8, 4) is 5.75 Å². The molecule has 0 unspecified atom stereocenters. The summed E-state index contributed by atoms with van der Waals surface area (Å²) in [6.07, 6.45) is 1.97. The van der Waals surface area contributed by atoms with Crippen molar-refractivity contribution in [2.24, 2.45) is 0 Å². The van der Waals surface area contributed by atoms with Crippen LogP contribution < -0.4 is 9.46 Å². The minimum atomic E-state index is -3.67. The normalized spacial score (nSPS) is 15.2. The van der Waals surface area contributed by atoms with Gasteiger partial charge in [0.1, 0.15) is 5.75 Å². The molecule has 1 aromatic rings. The third-order valence-corrected chi connectivity index (χ3v) is 4.73. The van der Waals surface area contributed by atoms with Crippen molar-refractivity contribution >= 4 is 15.9 Å². The standard InChI is InChI=1S/C14H20N2O4S/c1-2-20-12-5-7-13(8-6-12)21(18,19)15-11-14(17)16-9-3-4-10-16/h5-8,15H,2-4,9-11H2,1H3. The fraction of sp³-hybridized carbons (Fsp3) is 0.500. The van der Waals surface area contributed by atoms with Gasteiger partial charge < -0.3 is 9.64 Å². The smallest absolute Gasteiger partial charge is 0.241 e. The second kappa shape index (κ2) is 6.91. The molecule has 6 nitrogen and oxygen atoms in total. The Morgan fingerprint density at radius 2 is 1.86 bits per heavy atom. The minimum Gasteiger partial charge on any atom is -0.494 e. The fourth-order valence-electron chi connectivity index (χ4n) is 2.20. The number of ether oxygens (including phenoxy) is 1. The molecule has 0 aliphatic carbocycles. The van der Waals surface area contributed by atoms with Gasteiger partial charge in [-0.1, -0.05) is 0 Å². The summed E-state index contributed by atoms with van der Waals surface area (Å²) in [7, 11) is -3.67. The molecule has 0 bridgehead atoms. The first-order valence-electron chi connectivity index (χ1n) is 7.03. The second-order valence-electron chi connectivity index (χ2n) is 4.82. The lowest BCUT2D eigenvalue weighted by molar-refractivity contribution is -0.128. The Hall–Kier alpha value is -1.60. The molecule has 1 aliphatic rings. The van der Waals surface area contributed by atoms with E-state index in [-0.39, 0.29) is 17.3 Å². The zero-order chi connectivity index (χ0) is 15.3.